The van der Waals surface area contributed by atoms with Gasteiger partial charge in [0.2, 0.25) is 0 Å². The molecule has 6 heteroatoms. The largest absolute Gasteiger partial charge is 0.462 e. The Kier molecular flexibility index (Phi) is 51.9. The van der Waals surface area contributed by atoms with E-state index < -0.39 is 12.1 Å². The minimum absolute atomic E-state index is 0.112. The Morgan fingerprint density at radius 1 is 0.313 bits per heavy atom. The summed E-state index contributed by atoms with van der Waals surface area (Å²) in [6.07, 6.45) is 72.7. The highest BCUT2D eigenvalue weighted by atomic mass is 16.6. The molecule has 0 spiro atoms. The molecule has 0 heterocycles. The average Bonchev–Trinajstić information content (AvgIpc) is 3.33. The molecule has 0 aliphatic carbocycles. The lowest BCUT2D eigenvalue weighted by molar-refractivity contribution is -0.166. The van der Waals surface area contributed by atoms with Gasteiger partial charge in [-0.25, -0.2) is 0 Å². The van der Waals surface area contributed by atoms with E-state index in [4.69, 9.17) is 14.2 Å². The highest BCUT2D eigenvalue weighted by Gasteiger charge is 2.19. The molecule has 0 bridgehead atoms. The Hall–Kier alpha value is -3.67. The fourth-order valence-corrected chi connectivity index (χ4v) is 7.46. The third-order valence-corrected chi connectivity index (χ3v) is 11.6. The normalized spacial score (nSPS) is 12.8. The Balaban J connectivity index is 4.48. The van der Waals surface area contributed by atoms with Gasteiger partial charge in [0.15, 0.2) is 6.10 Å². The third-order valence-electron chi connectivity index (χ3n) is 11.6. The monoisotopic (exact) mass is 931 g/mol. The minimum atomic E-state index is -0.823. The predicted molar refractivity (Wildman–Crippen MR) is 288 cm³/mol. The van der Waals surface area contributed by atoms with E-state index in [1.54, 1.807) is 0 Å². The smallest absolute Gasteiger partial charge is 0.306 e. The number of carbonyl (C=O) groups is 3. The van der Waals surface area contributed by atoms with Gasteiger partial charge in [-0.15, -0.1) is 0 Å². The molecule has 0 fully saturated rings. The number of allylic oxidation sites excluding steroid dienone is 16. The minimum Gasteiger partial charge on any atom is -0.462 e. The predicted octanol–water partition coefficient (Wildman–Crippen LogP) is 18.5. The molecule has 6 nitrogen and oxygen atoms in total. The van der Waals surface area contributed by atoms with Crippen LogP contribution in [-0.2, 0) is 28.6 Å². The second-order valence-electron chi connectivity index (χ2n) is 18.1. The van der Waals surface area contributed by atoms with E-state index in [9.17, 15) is 14.4 Å². The van der Waals surface area contributed by atoms with Gasteiger partial charge in [-0.05, 0) is 103 Å². The molecule has 0 aromatic rings. The van der Waals surface area contributed by atoms with E-state index in [0.29, 0.717) is 19.3 Å². The van der Waals surface area contributed by atoms with Crippen LogP contribution >= 0.6 is 0 Å². The van der Waals surface area contributed by atoms with Crippen LogP contribution < -0.4 is 0 Å². The Bertz CT molecular complexity index is 1350. The van der Waals surface area contributed by atoms with Gasteiger partial charge >= 0.3 is 17.9 Å². The second kappa shape index (κ2) is 54.9. The van der Waals surface area contributed by atoms with Crippen molar-refractivity contribution in [2.45, 2.75) is 258 Å². The molecule has 0 rings (SSSR count). The molecule has 0 aliphatic rings. The zero-order chi connectivity index (χ0) is 48.6. The quantitative estimate of drug-likeness (QED) is 0.0262. The van der Waals surface area contributed by atoms with E-state index in [1.807, 2.05) is 12.2 Å². The molecule has 382 valence electrons. The van der Waals surface area contributed by atoms with E-state index >= 15 is 0 Å². The summed E-state index contributed by atoms with van der Waals surface area (Å²) in [6, 6.07) is 0. The van der Waals surface area contributed by atoms with Crippen LogP contribution in [0.2, 0.25) is 0 Å². The molecule has 0 aliphatic heterocycles. The summed E-state index contributed by atoms with van der Waals surface area (Å²) in [5.74, 6) is -1.01. The molecule has 0 amide bonds. The number of carbonyl (C=O) groups excluding carboxylic acids is 3. The fourth-order valence-electron chi connectivity index (χ4n) is 7.46. The molecule has 67 heavy (non-hydrogen) atoms. The van der Waals surface area contributed by atoms with Crippen molar-refractivity contribution in [2.75, 3.05) is 13.2 Å². The van der Waals surface area contributed by atoms with Crippen molar-refractivity contribution in [3.8, 4) is 0 Å². The first-order chi connectivity index (χ1) is 33.0. The zero-order valence-electron chi connectivity index (χ0n) is 43.6. The van der Waals surface area contributed by atoms with Crippen LogP contribution in [0.3, 0.4) is 0 Å². The van der Waals surface area contributed by atoms with Crippen molar-refractivity contribution >= 4 is 17.9 Å². The van der Waals surface area contributed by atoms with Crippen LogP contribution in [0.15, 0.2) is 97.2 Å². The van der Waals surface area contributed by atoms with E-state index in [2.05, 4.69) is 106 Å². The summed E-state index contributed by atoms with van der Waals surface area (Å²) in [7, 11) is 0. The molecule has 0 aromatic carbocycles. The van der Waals surface area contributed by atoms with Gasteiger partial charge in [-0.2, -0.15) is 0 Å². The van der Waals surface area contributed by atoms with Crippen LogP contribution in [0.25, 0.3) is 0 Å². The molecule has 0 radical (unpaired) electrons. The van der Waals surface area contributed by atoms with Crippen molar-refractivity contribution in [3.63, 3.8) is 0 Å². The average molecular weight is 931 g/mol. The molecule has 1 atom stereocenters. The molecule has 0 saturated carbocycles. The fraction of sp³-hybridized carbons (Fsp3) is 0.689. The van der Waals surface area contributed by atoms with Gasteiger partial charge in [0.25, 0.3) is 0 Å². The molecule has 1 unspecified atom stereocenters. The summed E-state index contributed by atoms with van der Waals surface area (Å²) >= 11 is 0. The van der Waals surface area contributed by atoms with Crippen molar-refractivity contribution in [1.29, 1.82) is 0 Å². The number of rotatable bonds is 49. The van der Waals surface area contributed by atoms with Crippen LogP contribution in [0.5, 0.6) is 0 Å². The lowest BCUT2D eigenvalue weighted by Crippen LogP contribution is -2.30. The van der Waals surface area contributed by atoms with E-state index in [0.717, 1.165) is 89.9 Å². The summed E-state index contributed by atoms with van der Waals surface area (Å²) in [6.45, 7) is 6.35. The van der Waals surface area contributed by atoms with Crippen LogP contribution in [0.4, 0.5) is 0 Å². The van der Waals surface area contributed by atoms with Crippen LogP contribution in [0, 0.1) is 0 Å². The van der Waals surface area contributed by atoms with Crippen molar-refractivity contribution < 1.29 is 28.6 Å². The Morgan fingerprint density at radius 3 is 0.985 bits per heavy atom. The van der Waals surface area contributed by atoms with Crippen LogP contribution in [-0.4, -0.2) is 37.2 Å². The molecule has 0 saturated heterocycles. The molecule has 0 aromatic heterocycles. The topological polar surface area (TPSA) is 78.9 Å². The number of hydrogen-bond acceptors (Lipinski definition) is 6. The number of esters is 3. The van der Waals surface area contributed by atoms with Gasteiger partial charge in [0.05, 0.1) is 0 Å². The first-order valence-electron chi connectivity index (χ1n) is 27.7. The third kappa shape index (κ3) is 53.2. The maximum Gasteiger partial charge on any atom is 0.306 e. The SMILES string of the molecule is CC/C=C\C/C=C\C/C=C\C/C=C\C/C=C\CCC(=O)OC(COC(=O)CCCCCCCCC/C=C\C/C=C\CC)COC(=O)CCCCCCCCC/C=C\CCCCCCCCCC. The molecular weight excluding hydrogens is 829 g/mol. The lowest BCUT2D eigenvalue weighted by Gasteiger charge is -2.18. The Morgan fingerprint density at radius 2 is 0.612 bits per heavy atom. The summed E-state index contributed by atoms with van der Waals surface area (Å²) in [5.41, 5.74) is 0. The van der Waals surface area contributed by atoms with Gasteiger partial charge in [0.1, 0.15) is 13.2 Å². The van der Waals surface area contributed by atoms with Crippen LogP contribution in [0.1, 0.15) is 252 Å². The van der Waals surface area contributed by atoms with Crippen molar-refractivity contribution in [1.82, 2.24) is 0 Å². The van der Waals surface area contributed by atoms with Gasteiger partial charge < -0.3 is 14.2 Å². The maximum absolute atomic E-state index is 12.8. The van der Waals surface area contributed by atoms with E-state index in [-0.39, 0.29) is 31.6 Å². The number of unbranched alkanes of at least 4 members (excludes halogenated alkanes) is 22. The maximum atomic E-state index is 12.8. The number of hydrogen-bond donors (Lipinski definition) is 0. The Labute approximate surface area is 413 Å². The van der Waals surface area contributed by atoms with Crippen molar-refractivity contribution in [2.24, 2.45) is 0 Å². The van der Waals surface area contributed by atoms with Crippen molar-refractivity contribution in [3.05, 3.63) is 97.2 Å². The summed E-state index contributed by atoms with van der Waals surface area (Å²) in [4.78, 5) is 38.1. The first-order valence-corrected chi connectivity index (χ1v) is 27.7. The van der Waals surface area contributed by atoms with E-state index in [1.165, 1.54) is 116 Å². The number of ether oxygens (including phenoxy) is 3. The summed E-state index contributed by atoms with van der Waals surface area (Å²) < 4.78 is 16.8. The van der Waals surface area contributed by atoms with Gasteiger partial charge in [-0.1, -0.05) is 227 Å². The molecular formula is C61H102O6. The highest BCUT2D eigenvalue weighted by Crippen LogP contribution is 2.14. The van der Waals surface area contributed by atoms with Gasteiger partial charge in [0, 0.05) is 19.3 Å². The van der Waals surface area contributed by atoms with Gasteiger partial charge in [-0.3, -0.25) is 14.4 Å². The lowest BCUT2D eigenvalue weighted by atomic mass is 10.1. The molecule has 0 N–H and O–H groups in total. The second-order valence-corrected chi connectivity index (χ2v) is 18.1. The summed E-state index contributed by atoms with van der Waals surface area (Å²) in [5, 5.41) is 0. The highest BCUT2D eigenvalue weighted by molar-refractivity contribution is 5.71. The zero-order valence-corrected chi connectivity index (χ0v) is 43.6. The standard InChI is InChI=1S/C61H102O6/c1-4-7-10-13-16-19-22-25-28-30-31-32-34-36-39-42-45-48-51-54-60(63)66-57-58(56-65-59(62)53-50-47-44-41-38-35-27-24-21-18-15-12-9-6-3)67-61(64)55-52-49-46-43-40-37-33-29-26-23-20-17-14-11-8-5-2/h8-9,11-12,17-18,20-21,26,29-31,37,40,46,49,58H,4-7,10,13-16,19,22-25,27-28,32-36,38-39,41-45,47-48,50-57H2,1-3H3/b11-8-,12-9-,20-17-,21-18-,29-26-,31-30-,40-37-,49-46-. The first kappa shape index (κ1) is 63.3.